The van der Waals surface area contributed by atoms with Gasteiger partial charge in [-0.1, -0.05) is 12.1 Å². The third-order valence-corrected chi connectivity index (χ3v) is 4.24. The van der Waals surface area contributed by atoms with Gasteiger partial charge in [0.2, 0.25) is 0 Å². The van der Waals surface area contributed by atoms with Crippen LogP contribution in [0.15, 0.2) is 59.8 Å². The number of aromatic nitrogens is 2. The van der Waals surface area contributed by atoms with Crippen LogP contribution in [0.2, 0.25) is 0 Å². The number of nitro benzene ring substituents is 1. The van der Waals surface area contributed by atoms with E-state index in [9.17, 15) is 20.0 Å². The van der Waals surface area contributed by atoms with Gasteiger partial charge in [-0.05, 0) is 19.4 Å². The Morgan fingerprint density at radius 1 is 1.27 bits per heavy atom. The van der Waals surface area contributed by atoms with E-state index >= 15 is 0 Å². The summed E-state index contributed by atoms with van der Waals surface area (Å²) in [5.74, 6) is -1.80. The molecule has 1 unspecified atom stereocenters. The standard InChI is InChI=1S/C18H16N4O4/c1-10-15(14-9-19-6-7-20-14)17(16(18(23)24)11(2)21-10)12-4-3-5-13(8-12)22(25)26/h3-9,17,21H,1-2H3,(H,23,24). The monoisotopic (exact) mass is 352 g/mol. The lowest BCUT2D eigenvalue weighted by molar-refractivity contribution is -0.384. The van der Waals surface area contributed by atoms with Gasteiger partial charge in [-0.25, -0.2) is 4.79 Å². The lowest BCUT2D eigenvalue weighted by Gasteiger charge is -2.30. The number of dihydropyridines is 1. The Morgan fingerprint density at radius 2 is 2.04 bits per heavy atom. The Bertz CT molecular complexity index is 951. The summed E-state index contributed by atoms with van der Waals surface area (Å²) in [4.78, 5) is 31.0. The van der Waals surface area contributed by atoms with Gasteiger partial charge in [-0.2, -0.15) is 0 Å². The van der Waals surface area contributed by atoms with E-state index in [0.717, 1.165) is 5.70 Å². The average Bonchev–Trinajstić information content (AvgIpc) is 2.61. The zero-order valence-electron chi connectivity index (χ0n) is 14.1. The maximum atomic E-state index is 12.0. The molecule has 1 aromatic carbocycles. The number of carboxylic acid groups (broad SMARTS) is 1. The summed E-state index contributed by atoms with van der Waals surface area (Å²) in [5, 5.41) is 24.0. The normalized spacial score (nSPS) is 17.1. The SMILES string of the molecule is CC1=C(C(=O)O)C(c2cccc([N+](=O)[O-])c2)C(c2cnccn2)=C(C)N1. The molecule has 0 bridgehead atoms. The van der Waals surface area contributed by atoms with Crippen LogP contribution in [-0.2, 0) is 4.79 Å². The van der Waals surface area contributed by atoms with Gasteiger partial charge in [-0.15, -0.1) is 0 Å². The zero-order chi connectivity index (χ0) is 18.8. The number of nitrogens with zero attached hydrogens (tertiary/aromatic N) is 3. The summed E-state index contributed by atoms with van der Waals surface area (Å²) in [6.45, 7) is 3.49. The van der Waals surface area contributed by atoms with Gasteiger partial charge >= 0.3 is 5.97 Å². The second-order valence-electron chi connectivity index (χ2n) is 5.88. The van der Waals surface area contributed by atoms with Crippen molar-refractivity contribution in [1.82, 2.24) is 15.3 Å². The van der Waals surface area contributed by atoms with Gasteiger partial charge in [0.05, 0.1) is 22.4 Å². The van der Waals surface area contributed by atoms with Crippen LogP contribution in [0, 0.1) is 10.1 Å². The van der Waals surface area contributed by atoms with Crippen LogP contribution in [0.25, 0.3) is 5.57 Å². The molecule has 2 aromatic rings. The minimum Gasteiger partial charge on any atom is -0.478 e. The van der Waals surface area contributed by atoms with Crippen LogP contribution in [0.3, 0.4) is 0 Å². The molecular formula is C18H16N4O4. The van der Waals surface area contributed by atoms with E-state index in [1.807, 2.05) is 6.92 Å². The molecule has 132 valence electrons. The van der Waals surface area contributed by atoms with Crippen LogP contribution in [0.5, 0.6) is 0 Å². The summed E-state index contributed by atoms with van der Waals surface area (Å²) >= 11 is 0. The molecule has 0 aliphatic carbocycles. The van der Waals surface area contributed by atoms with Gasteiger partial charge in [0.15, 0.2) is 0 Å². The molecule has 3 rings (SSSR count). The summed E-state index contributed by atoms with van der Waals surface area (Å²) in [5.41, 5.74) is 2.89. The molecule has 1 aromatic heterocycles. The van der Waals surface area contributed by atoms with Crippen LogP contribution in [-0.4, -0.2) is 26.0 Å². The molecule has 0 fully saturated rings. The van der Waals surface area contributed by atoms with Crippen LogP contribution >= 0.6 is 0 Å². The molecule has 2 heterocycles. The average molecular weight is 352 g/mol. The van der Waals surface area contributed by atoms with E-state index in [4.69, 9.17) is 0 Å². The molecule has 1 aliphatic heterocycles. The van der Waals surface area contributed by atoms with Crippen molar-refractivity contribution in [2.45, 2.75) is 19.8 Å². The van der Waals surface area contributed by atoms with Gasteiger partial charge in [0, 0.05) is 47.4 Å². The Morgan fingerprint density at radius 3 is 2.65 bits per heavy atom. The quantitative estimate of drug-likeness (QED) is 0.641. The van der Waals surface area contributed by atoms with E-state index in [1.165, 1.54) is 24.5 Å². The van der Waals surface area contributed by atoms with E-state index in [0.29, 0.717) is 22.5 Å². The molecule has 8 heteroatoms. The van der Waals surface area contributed by atoms with Crippen molar-refractivity contribution in [3.8, 4) is 0 Å². The van der Waals surface area contributed by atoms with E-state index in [-0.39, 0.29) is 11.3 Å². The zero-order valence-corrected chi connectivity index (χ0v) is 14.1. The Kier molecular flexibility index (Phi) is 4.49. The number of nitrogens with one attached hydrogen (secondary N) is 1. The first-order valence-corrected chi connectivity index (χ1v) is 7.82. The molecule has 0 saturated carbocycles. The smallest absolute Gasteiger partial charge is 0.334 e. The maximum Gasteiger partial charge on any atom is 0.334 e. The lowest BCUT2D eigenvalue weighted by atomic mass is 9.79. The van der Waals surface area contributed by atoms with Crippen molar-refractivity contribution in [2.75, 3.05) is 0 Å². The molecule has 1 atom stereocenters. The first kappa shape index (κ1) is 17.3. The van der Waals surface area contributed by atoms with E-state index in [1.54, 1.807) is 25.3 Å². The number of hydrogen-bond acceptors (Lipinski definition) is 6. The molecule has 0 saturated heterocycles. The molecule has 8 nitrogen and oxygen atoms in total. The Labute approximate surface area is 149 Å². The molecule has 0 amide bonds. The molecule has 1 aliphatic rings. The predicted molar refractivity (Wildman–Crippen MR) is 93.9 cm³/mol. The van der Waals surface area contributed by atoms with Gasteiger partial charge in [0.1, 0.15) is 0 Å². The maximum absolute atomic E-state index is 12.0. The molecule has 0 spiro atoms. The van der Waals surface area contributed by atoms with Crippen molar-refractivity contribution in [3.63, 3.8) is 0 Å². The fourth-order valence-electron chi connectivity index (χ4n) is 3.21. The number of carboxylic acids is 1. The summed E-state index contributed by atoms with van der Waals surface area (Å²) in [6, 6.07) is 6.01. The van der Waals surface area contributed by atoms with Crippen LogP contribution in [0.1, 0.15) is 31.0 Å². The first-order chi connectivity index (χ1) is 12.4. The molecular weight excluding hydrogens is 336 g/mol. The predicted octanol–water partition coefficient (Wildman–Crippen LogP) is 2.86. The summed E-state index contributed by atoms with van der Waals surface area (Å²) in [6.07, 6.45) is 4.59. The topological polar surface area (TPSA) is 118 Å². The second-order valence-corrected chi connectivity index (χ2v) is 5.88. The number of benzene rings is 1. The largest absolute Gasteiger partial charge is 0.478 e. The number of allylic oxidation sites excluding steroid dienone is 3. The second kappa shape index (κ2) is 6.75. The highest BCUT2D eigenvalue weighted by Crippen LogP contribution is 2.43. The van der Waals surface area contributed by atoms with Crippen molar-refractivity contribution < 1.29 is 14.8 Å². The fraction of sp³-hybridized carbons (Fsp3) is 0.167. The number of non-ortho nitro benzene ring substituents is 1. The van der Waals surface area contributed by atoms with E-state index in [2.05, 4.69) is 15.3 Å². The molecule has 26 heavy (non-hydrogen) atoms. The molecule has 0 radical (unpaired) electrons. The summed E-state index contributed by atoms with van der Waals surface area (Å²) < 4.78 is 0. The van der Waals surface area contributed by atoms with Gasteiger partial charge in [0.25, 0.3) is 5.69 Å². The minimum absolute atomic E-state index is 0.0976. The third kappa shape index (κ3) is 3.04. The third-order valence-electron chi connectivity index (χ3n) is 4.24. The molecule has 2 N–H and O–H groups in total. The van der Waals surface area contributed by atoms with Crippen molar-refractivity contribution in [1.29, 1.82) is 0 Å². The number of carbonyl (C=O) groups is 1. The Balaban J connectivity index is 2.26. The number of nitro groups is 1. The minimum atomic E-state index is -1.10. The highest BCUT2D eigenvalue weighted by molar-refractivity contribution is 5.96. The summed E-state index contributed by atoms with van der Waals surface area (Å²) in [7, 11) is 0. The number of rotatable bonds is 4. The number of aliphatic carboxylic acids is 1. The van der Waals surface area contributed by atoms with Crippen molar-refractivity contribution in [2.24, 2.45) is 0 Å². The van der Waals surface area contributed by atoms with Gasteiger partial charge < -0.3 is 10.4 Å². The number of hydrogen-bond donors (Lipinski definition) is 2. The van der Waals surface area contributed by atoms with Crippen molar-refractivity contribution >= 4 is 17.2 Å². The first-order valence-electron chi connectivity index (χ1n) is 7.82. The van der Waals surface area contributed by atoms with Gasteiger partial charge in [-0.3, -0.25) is 20.1 Å². The highest BCUT2D eigenvalue weighted by atomic mass is 16.6. The Hall–Kier alpha value is -3.55. The van der Waals surface area contributed by atoms with Crippen molar-refractivity contribution in [3.05, 3.63) is 81.2 Å². The lowest BCUT2D eigenvalue weighted by Crippen LogP contribution is -2.27. The highest BCUT2D eigenvalue weighted by Gasteiger charge is 2.35. The van der Waals surface area contributed by atoms with Crippen LogP contribution < -0.4 is 5.32 Å². The van der Waals surface area contributed by atoms with Crippen LogP contribution in [0.4, 0.5) is 5.69 Å². The fourth-order valence-corrected chi connectivity index (χ4v) is 3.21. The van der Waals surface area contributed by atoms with E-state index < -0.39 is 16.8 Å².